The highest BCUT2D eigenvalue weighted by molar-refractivity contribution is 5.72. The van der Waals surface area contributed by atoms with Crippen LogP contribution in [0.2, 0.25) is 0 Å². The summed E-state index contributed by atoms with van der Waals surface area (Å²) in [6.45, 7) is 4.10. The van der Waals surface area contributed by atoms with E-state index in [0.717, 1.165) is 5.56 Å². The number of methoxy groups -OCH3 is 1. The molecule has 0 heterocycles. The average molecular weight is 202 g/mol. The highest BCUT2D eigenvalue weighted by Gasteiger charge is 1.95. The largest absolute Gasteiger partial charge is 0.468 e. The Hall–Kier alpha value is -1.75. The number of rotatable bonds is 1. The molecule has 0 fully saturated rings. The van der Waals surface area contributed by atoms with Crippen molar-refractivity contribution in [3.63, 3.8) is 0 Å². The summed E-state index contributed by atoms with van der Waals surface area (Å²) in [5.74, 6) is 5.40. The lowest BCUT2D eigenvalue weighted by atomic mass is 10.1. The van der Waals surface area contributed by atoms with Crippen LogP contribution in [0.4, 0.5) is 0 Å². The van der Waals surface area contributed by atoms with Gasteiger partial charge in [-0.2, -0.15) is 0 Å². The van der Waals surface area contributed by atoms with E-state index in [9.17, 15) is 4.79 Å². The molecule has 2 nitrogen and oxygen atoms in total. The van der Waals surface area contributed by atoms with Crippen LogP contribution >= 0.6 is 0 Å². The summed E-state index contributed by atoms with van der Waals surface area (Å²) >= 11 is 0. The van der Waals surface area contributed by atoms with Crippen LogP contribution < -0.4 is 0 Å². The molecular formula is C13H14O2. The van der Waals surface area contributed by atoms with Crippen LogP contribution in [0.15, 0.2) is 18.2 Å². The molecular weight excluding hydrogens is 188 g/mol. The lowest BCUT2D eigenvalue weighted by molar-refractivity contribution is -0.139. The predicted octanol–water partition coefficient (Wildman–Crippen LogP) is 2.22. The normalized spacial score (nSPS) is 9.00. The number of carbonyl (C=O) groups is 1. The molecule has 1 aromatic carbocycles. The number of aryl methyl sites for hydroxylation is 2. The number of hydrogen-bond donors (Lipinski definition) is 0. The van der Waals surface area contributed by atoms with Crippen LogP contribution in [0.3, 0.4) is 0 Å². The third-order valence-corrected chi connectivity index (χ3v) is 2.20. The zero-order valence-electron chi connectivity index (χ0n) is 9.26. The first kappa shape index (κ1) is 11.3. The van der Waals surface area contributed by atoms with Crippen LogP contribution in [-0.4, -0.2) is 13.1 Å². The van der Waals surface area contributed by atoms with E-state index in [0.29, 0.717) is 0 Å². The maximum atomic E-state index is 10.8. The molecule has 0 spiro atoms. The van der Waals surface area contributed by atoms with Gasteiger partial charge in [-0.15, -0.1) is 0 Å². The Kier molecular flexibility index (Phi) is 3.93. The number of esters is 1. The fourth-order valence-corrected chi connectivity index (χ4v) is 1.11. The summed E-state index contributed by atoms with van der Waals surface area (Å²) in [5, 5.41) is 0. The van der Waals surface area contributed by atoms with Crippen molar-refractivity contribution in [1.82, 2.24) is 0 Å². The molecule has 78 valence electrons. The molecule has 0 aliphatic rings. The zero-order chi connectivity index (χ0) is 11.3. The van der Waals surface area contributed by atoms with Gasteiger partial charge in [0.15, 0.2) is 0 Å². The first-order chi connectivity index (χ1) is 7.13. The van der Waals surface area contributed by atoms with E-state index in [1.165, 1.54) is 18.2 Å². The van der Waals surface area contributed by atoms with E-state index in [4.69, 9.17) is 0 Å². The third-order valence-electron chi connectivity index (χ3n) is 2.20. The average Bonchev–Trinajstić information content (AvgIpc) is 2.23. The Morgan fingerprint density at radius 2 is 2.07 bits per heavy atom. The standard InChI is InChI=1S/C13H14O2/c1-10-7-8-12(9-11(10)2)5-4-6-13(14)15-3/h7-9H,6H2,1-3H3. The molecule has 15 heavy (non-hydrogen) atoms. The quantitative estimate of drug-likeness (QED) is 0.515. The topological polar surface area (TPSA) is 26.3 Å². The molecule has 0 aromatic heterocycles. The Morgan fingerprint density at radius 1 is 1.33 bits per heavy atom. The maximum absolute atomic E-state index is 10.8. The summed E-state index contributed by atoms with van der Waals surface area (Å²) in [6.07, 6.45) is 0.142. The predicted molar refractivity (Wildman–Crippen MR) is 59.4 cm³/mol. The second kappa shape index (κ2) is 5.21. The molecule has 1 aromatic rings. The summed E-state index contributed by atoms with van der Waals surface area (Å²) in [6, 6.07) is 5.99. The van der Waals surface area contributed by atoms with Crippen LogP contribution in [-0.2, 0) is 9.53 Å². The Morgan fingerprint density at radius 3 is 2.67 bits per heavy atom. The molecule has 0 amide bonds. The van der Waals surface area contributed by atoms with Crippen molar-refractivity contribution >= 4 is 5.97 Å². The lowest BCUT2D eigenvalue weighted by Crippen LogP contribution is -1.97. The number of ether oxygens (including phenoxy) is 1. The molecule has 0 saturated heterocycles. The Balaban J connectivity index is 2.72. The van der Waals surface area contributed by atoms with E-state index in [1.807, 2.05) is 25.1 Å². The van der Waals surface area contributed by atoms with E-state index in [-0.39, 0.29) is 12.4 Å². The van der Waals surface area contributed by atoms with Crippen molar-refractivity contribution in [3.05, 3.63) is 34.9 Å². The minimum Gasteiger partial charge on any atom is -0.468 e. The molecule has 2 heteroatoms. The minimum atomic E-state index is -0.300. The summed E-state index contributed by atoms with van der Waals surface area (Å²) in [5.41, 5.74) is 3.38. The lowest BCUT2D eigenvalue weighted by Gasteiger charge is -1.98. The highest BCUT2D eigenvalue weighted by Crippen LogP contribution is 2.08. The first-order valence-electron chi connectivity index (χ1n) is 4.76. The molecule has 0 bridgehead atoms. The van der Waals surface area contributed by atoms with Crippen molar-refractivity contribution in [2.45, 2.75) is 20.3 Å². The van der Waals surface area contributed by atoms with Gasteiger partial charge in [0.1, 0.15) is 6.42 Å². The summed E-state index contributed by atoms with van der Waals surface area (Å²) < 4.78 is 4.49. The van der Waals surface area contributed by atoms with Gasteiger partial charge in [0, 0.05) is 5.56 Å². The maximum Gasteiger partial charge on any atom is 0.317 e. The second-order valence-electron chi connectivity index (χ2n) is 3.35. The van der Waals surface area contributed by atoms with Gasteiger partial charge in [-0.1, -0.05) is 17.9 Å². The van der Waals surface area contributed by atoms with Crippen molar-refractivity contribution < 1.29 is 9.53 Å². The van der Waals surface area contributed by atoms with Gasteiger partial charge in [-0.05, 0) is 37.1 Å². The van der Waals surface area contributed by atoms with Crippen LogP contribution in [0.1, 0.15) is 23.1 Å². The number of hydrogen-bond acceptors (Lipinski definition) is 2. The van der Waals surface area contributed by atoms with Gasteiger partial charge in [-0.25, -0.2) is 0 Å². The van der Waals surface area contributed by atoms with Gasteiger partial charge in [-0.3, -0.25) is 4.79 Å². The van der Waals surface area contributed by atoms with Crippen LogP contribution in [0.25, 0.3) is 0 Å². The molecule has 0 aliphatic heterocycles. The molecule has 0 aliphatic carbocycles. The van der Waals surface area contributed by atoms with Crippen molar-refractivity contribution in [2.24, 2.45) is 0 Å². The highest BCUT2D eigenvalue weighted by atomic mass is 16.5. The minimum absolute atomic E-state index is 0.142. The van der Waals surface area contributed by atoms with E-state index in [2.05, 4.69) is 23.5 Å². The van der Waals surface area contributed by atoms with E-state index < -0.39 is 0 Å². The first-order valence-corrected chi connectivity index (χ1v) is 4.76. The van der Waals surface area contributed by atoms with Crippen molar-refractivity contribution in [2.75, 3.05) is 7.11 Å². The molecule has 0 atom stereocenters. The molecule has 0 N–H and O–H groups in total. The van der Waals surface area contributed by atoms with Gasteiger partial charge >= 0.3 is 5.97 Å². The fraction of sp³-hybridized carbons (Fsp3) is 0.308. The molecule has 0 radical (unpaired) electrons. The van der Waals surface area contributed by atoms with Crippen molar-refractivity contribution in [1.29, 1.82) is 0 Å². The van der Waals surface area contributed by atoms with Gasteiger partial charge in [0.2, 0.25) is 0 Å². The van der Waals surface area contributed by atoms with Gasteiger partial charge in [0.05, 0.1) is 7.11 Å². The Labute approximate surface area is 90.3 Å². The Bertz CT molecular complexity index is 422. The number of carbonyl (C=O) groups excluding carboxylic acids is 1. The number of benzene rings is 1. The van der Waals surface area contributed by atoms with E-state index in [1.54, 1.807) is 0 Å². The molecule has 0 saturated carbocycles. The second-order valence-corrected chi connectivity index (χ2v) is 3.35. The smallest absolute Gasteiger partial charge is 0.317 e. The fourth-order valence-electron chi connectivity index (χ4n) is 1.11. The SMILES string of the molecule is COC(=O)CC#Cc1ccc(C)c(C)c1. The van der Waals surface area contributed by atoms with Gasteiger partial charge in [0.25, 0.3) is 0 Å². The van der Waals surface area contributed by atoms with Crippen LogP contribution in [0.5, 0.6) is 0 Å². The summed E-state index contributed by atoms with van der Waals surface area (Å²) in [4.78, 5) is 10.8. The molecule has 1 rings (SSSR count). The van der Waals surface area contributed by atoms with E-state index >= 15 is 0 Å². The zero-order valence-corrected chi connectivity index (χ0v) is 9.26. The van der Waals surface area contributed by atoms with Crippen molar-refractivity contribution in [3.8, 4) is 11.8 Å². The molecule has 0 unspecified atom stereocenters. The monoisotopic (exact) mass is 202 g/mol. The van der Waals surface area contributed by atoms with Crippen LogP contribution in [0, 0.1) is 25.7 Å². The van der Waals surface area contributed by atoms with Gasteiger partial charge < -0.3 is 4.74 Å². The summed E-state index contributed by atoms with van der Waals surface area (Å²) in [7, 11) is 1.36. The third kappa shape index (κ3) is 3.47.